The number of ether oxygens (including phenoxy) is 1. The van der Waals surface area contributed by atoms with Crippen molar-refractivity contribution in [3.63, 3.8) is 0 Å². The largest absolute Gasteiger partial charge is 0.496 e. The lowest BCUT2D eigenvalue weighted by Crippen LogP contribution is -2.07. The van der Waals surface area contributed by atoms with Crippen LogP contribution in [0.15, 0.2) is 30.3 Å². The average molecular weight is 273 g/mol. The molecule has 2 aromatic rings. The van der Waals surface area contributed by atoms with Crippen molar-refractivity contribution in [2.45, 2.75) is 26.8 Å². The molecule has 2 rings (SSSR count). The third-order valence-corrected chi connectivity index (χ3v) is 3.68. The highest BCUT2D eigenvalue weighted by molar-refractivity contribution is 5.76. The minimum absolute atomic E-state index is 0.170. The number of rotatable bonds is 3. The smallest absolute Gasteiger partial charge is 0.129 e. The summed E-state index contributed by atoms with van der Waals surface area (Å²) in [5.74, 6) is 0.502. The molecule has 1 unspecified atom stereocenters. The first-order chi connectivity index (χ1) is 9.45. The van der Waals surface area contributed by atoms with Gasteiger partial charge in [0.2, 0.25) is 0 Å². The van der Waals surface area contributed by atoms with Gasteiger partial charge in [-0.2, -0.15) is 0 Å². The second kappa shape index (κ2) is 5.63. The van der Waals surface area contributed by atoms with E-state index in [1.807, 2.05) is 32.9 Å². The molecule has 3 heteroatoms. The quantitative estimate of drug-likeness (QED) is 0.912. The summed E-state index contributed by atoms with van der Waals surface area (Å²) >= 11 is 0. The van der Waals surface area contributed by atoms with Crippen LogP contribution in [0.3, 0.4) is 0 Å². The van der Waals surface area contributed by atoms with Crippen LogP contribution >= 0.6 is 0 Å². The van der Waals surface area contributed by atoms with Gasteiger partial charge in [-0.15, -0.1) is 0 Å². The molecule has 0 radical (unpaired) electrons. The maximum atomic E-state index is 13.6. The highest BCUT2D eigenvalue weighted by atomic mass is 19.1. The van der Waals surface area contributed by atoms with E-state index in [9.17, 15) is 4.39 Å². The molecule has 0 spiro atoms. The summed E-state index contributed by atoms with van der Waals surface area (Å²) in [7, 11) is 1.64. The number of halogens is 1. The Morgan fingerprint density at radius 1 is 1.10 bits per heavy atom. The summed E-state index contributed by atoms with van der Waals surface area (Å²) in [5, 5.41) is 0. The Balaban J connectivity index is 2.74. The molecule has 2 nitrogen and oxygen atoms in total. The molecular formula is C17H20FNO. The number of benzene rings is 2. The van der Waals surface area contributed by atoms with Crippen LogP contribution in [0, 0.1) is 19.7 Å². The van der Waals surface area contributed by atoms with Gasteiger partial charge in [0.15, 0.2) is 0 Å². The van der Waals surface area contributed by atoms with Gasteiger partial charge in [-0.3, -0.25) is 0 Å². The second-order valence-corrected chi connectivity index (χ2v) is 5.11. The Morgan fingerprint density at radius 2 is 1.80 bits per heavy atom. The zero-order chi connectivity index (χ0) is 14.9. The molecule has 0 aromatic heterocycles. The summed E-state index contributed by atoms with van der Waals surface area (Å²) in [6.45, 7) is 5.92. The van der Waals surface area contributed by atoms with Gasteiger partial charge in [0.25, 0.3) is 0 Å². The lowest BCUT2D eigenvalue weighted by molar-refractivity contribution is 0.413. The van der Waals surface area contributed by atoms with Gasteiger partial charge in [0.1, 0.15) is 11.6 Å². The average Bonchev–Trinajstić information content (AvgIpc) is 2.41. The van der Waals surface area contributed by atoms with E-state index in [-0.39, 0.29) is 11.9 Å². The van der Waals surface area contributed by atoms with E-state index in [0.717, 1.165) is 33.6 Å². The molecule has 0 amide bonds. The van der Waals surface area contributed by atoms with Crippen LogP contribution in [0.2, 0.25) is 0 Å². The van der Waals surface area contributed by atoms with Gasteiger partial charge in [0, 0.05) is 11.6 Å². The Hall–Kier alpha value is -1.87. The van der Waals surface area contributed by atoms with Crippen LogP contribution in [0.25, 0.3) is 11.1 Å². The number of nitrogens with two attached hydrogens (primary N) is 1. The van der Waals surface area contributed by atoms with Crippen molar-refractivity contribution in [3.8, 4) is 16.9 Å². The van der Waals surface area contributed by atoms with Crippen molar-refractivity contribution < 1.29 is 9.13 Å². The van der Waals surface area contributed by atoms with E-state index in [0.29, 0.717) is 0 Å². The summed E-state index contributed by atoms with van der Waals surface area (Å²) in [4.78, 5) is 0. The molecule has 0 saturated heterocycles. The lowest BCUT2D eigenvalue weighted by Gasteiger charge is -2.18. The Labute approximate surface area is 119 Å². The minimum atomic E-state index is -0.273. The zero-order valence-electron chi connectivity index (χ0n) is 12.3. The van der Waals surface area contributed by atoms with E-state index >= 15 is 0 Å². The van der Waals surface area contributed by atoms with Crippen LogP contribution in [-0.4, -0.2) is 7.11 Å². The van der Waals surface area contributed by atoms with Crippen LogP contribution < -0.4 is 10.5 Å². The summed E-state index contributed by atoms with van der Waals surface area (Å²) < 4.78 is 19.2. The predicted octanol–water partition coefficient (Wildman–Crippen LogP) is 4.14. The first kappa shape index (κ1) is 14.5. The number of methoxy groups -OCH3 is 1. The van der Waals surface area contributed by atoms with Gasteiger partial charge in [-0.05, 0) is 55.2 Å². The van der Waals surface area contributed by atoms with E-state index in [1.165, 1.54) is 12.1 Å². The SMILES string of the molecule is COc1c(-c2cc(F)ccc2C(C)N)ccc(C)c1C. The fourth-order valence-corrected chi connectivity index (χ4v) is 2.42. The summed E-state index contributed by atoms with van der Waals surface area (Å²) in [6.07, 6.45) is 0. The maximum Gasteiger partial charge on any atom is 0.129 e. The Bertz CT molecular complexity index is 635. The van der Waals surface area contributed by atoms with Crippen molar-refractivity contribution in [3.05, 3.63) is 52.8 Å². The van der Waals surface area contributed by atoms with Crippen molar-refractivity contribution >= 4 is 0 Å². The molecule has 106 valence electrons. The van der Waals surface area contributed by atoms with E-state index < -0.39 is 0 Å². The topological polar surface area (TPSA) is 35.2 Å². The highest BCUT2D eigenvalue weighted by Gasteiger charge is 2.16. The molecule has 0 bridgehead atoms. The third kappa shape index (κ3) is 2.54. The van der Waals surface area contributed by atoms with Crippen molar-refractivity contribution in [1.82, 2.24) is 0 Å². The van der Waals surface area contributed by atoms with Crippen molar-refractivity contribution in [2.75, 3.05) is 7.11 Å². The second-order valence-electron chi connectivity index (χ2n) is 5.11. The molecule has 2 N–H and O–H groups in total. The standard InChI is InChI=1S/C17H20FNO/c1-10-5-7-15(17(20-4)11(10)2)16-9-13(18)6-8-14(16)12(3)19/h5-9,12H,19H2,1-4H3. The maximum absolute atomic E-state index is 13.6. The molecular weight excluding hydrogens is 253 g/mol. The third-order valence-electron chi connectivity index (χ3n) is 3.68. The van der Waals surface area contributed by atoms with Gasteiger partial charge in [-0.25, -0.2) is 4.39 Å². The molecule has 0 aliphatic carbocycles. The summed E-state index contributed by atoms with van der Waals surface area (Å²) in [5.41, 5.74) is 10.8. The first-order valence-electron chi connectivity index (χ1n) is 6.65. The van der Waals surface area contributed by atoms with Crippen LogP contribution in [0.5, 0.6) is 5.75 Å². The molecule has 20 heavy (non-hydrogen) atoms. The lowest BCUT2D eigenvalue weighted by atomic mass is 9.92. The first-order valence-corrected chi connectivity index (χ1v) is 6.65. The highest BCUT2D eigenvalue weighted by Crippen LogP contribution is 2.37. The van der Waals surface area contributed by atoms with Gasteiger partial charge < -0.3 is 10.5 Å². The Morgan fingerprint density at radius 3 is 2.40 bits per heavy atom. The predicted molar refractivity (Wildman–Crippen MR) is 80.5 cm³/mol. The minimum Gasteiger partial charge on any atom is -0.496 e. The fourth-order valence-electron chi connectivity index (χ4n) is 2.42. The molecule has 0 aliphatic rings. The van der Waals surface area contributed by atoms with Gasteiger partial charge in [-0.1, -0.05) is 18.2 Å². The van der Waals surface area contributed by atoms with E-state index in [1.54, 1.807) is 13.2 Å². The van der Waals surface area contributed by atoms with Crippen LogP contribution in [-0.2, 0) is 0 Å². The fraction of sp³-hybridized carbons (Fsp3) is 0.294. The monoisotopic (exact) mass is 273 g/mol. The normalized spacial score (nSPS) is 12.3. The Kier molecular flexibility index (Phi) is 4.09. The summed E-state index contributed by atoms with van der Waals surface area (Å²) in [6, 6.07) is 8.51. The molecule has 2 aromatic carbocycles. The van der Waals surface area contributed by atoms with Crippen molar-refractivity contribution in [2.24, 2.45) is 5.73 Å². The van der Waals surface area contributed by atoms with E-state index in [4.69, 9.17) is 10.5 Å². The number of hydrogen-bond donors (Lipinski definition) is 1. The molecule has 1 atom stereocenters. The zero-order valence-corrected chi connectivity index (χ0v) is 12.3. The molecule has 0 fully saturated rings. The van der Waals surface area contributed by atoms with Gasteiger partial charge >= 0.3 is 0 Å². The van der Waals surface area contributed by atoms with Crippen LogP contribution in [0.1, 0.15) is 29.7 Å². The molecule has 0 saturated carbocycles. The van der Waals surface area contributed by atoms with Crippen molar-refractivity contribution in [1.29, 1.82) is 0 Å². The van der Waals surface area contributed by atoms with E-state index in [2.05, 4.69) is 0 Å². The van der Waals surface area contributed by atoms with Crippen LogP contribution in [0.4, 0.5) is 4.39 Å². The molecule has 0 heterocycles. The van der Waals surface area contributed by atoms with Gasteiger partial charge in [0.05, 0.1) is 7.11 Å². The molecule has 0 aliphatic heterocycles. The number of hydrogen-bond acceptors (Lipinski definition) is 2. The number of aryl methyl sites for hydroxylation is 1.